The maximum atomic E-state index is 11.7. The van der Waals surface area contributed by atoms with Gasteiger partial charge in [0.15, 0.2) is 0 Å². The molecule has 8 heteroatoms. The van der Waals surface area contributed by atoms with Crippen LogP contribution in [0.2, 0.25) is 0 Å². The van der Waals surface area contributed by atoms with Crippen molar-refractivity contribution < 1.29 is 38.6 Å². The van der Waals surface area contributed by atoms with Gasteiger partial charge in [0.2, 0.25) is 0 Å². The summed E-state index contributed by atoms with van der Waals surface area (Å²) in [7, 11) is 2.88. The highest BCUT2D eigenvalue weighted by Gasteiger charge is 2.15. The minimum atomic E-state index is -1.11. The molecule has 0 heterocycles. The Morgan fingerprint density at radius 3 is 2.09 bits per heavy atom. The fraction of sp³-hybridized carbons (Fsp3) is 0.429. The Kier molecular flexibility index (Phi) is 6.97. The van der Waals surface area contributed by atoms with Gasteiger partial charge in [0.1, 0.15) is 11.5 Å². The topological polar surface area (TPSA) is 89.5 Å². The first-order valence-electron chi connectivity index (χ1n) is 6.41. The Morgan fingerprint density at radius 2 is 1.59 bits per heavy atom. The smallest absolute Gasteiger partial charge is 0.497 e. The first kappa shape index (κ1) is 17.6. The number of benzene rings is 1. The standard InChI is InChI=1S/C14H18O8/c1-9(2)8-19-14(16)21-22-20-13(15)10-5-11(17-3)7-12(6-10)18-4/h5-7,9H,8H2,1-4H3. The van der Waals surface area contributed by atoms with Gasteiger partial charge in [0.05, 0.1) is 31.4 Å². The highest BCUT2D eigenvalue weighted by Crippen LogP contribution is 2.23. The van der Waals surface area contributed by atoms with Crippen LogP contribution >= 0.6 is 0 Å². The molecule has 0 aliphatic carbocycles. The third-order valence-electron chi connectivity index (χ3n) is 2.33. The van der Waals surface area contributed by atoms with Gasteiger partial charge in [-0.3, -0.25) is 4.89 Å². The van der Waals surface area contributed by atoms with E-state index in [4.69, 9.17) is 9.47 Å². The van der Waals surface area contributed by atoms with E-state index in [2.05, 4.69) is 19.6 Å². The van der Waals surface area contributed by atoms with Gasteiger partial charge in [-0.2, -0.15) is 0 Å². The van der Waals surface area contributed by atoms with E-state index in [-0.39, 0.29) is 18.1 Å². The van der Waals surface area contributed by atoms with E-state index in [1.807, 2.05) is 13.8 Å². The van der Waals surface area contributed by atoms with Crippen molar-refractivity contribution in [1.82, 2.24) is 0 Å². The summed E-state index contributed by atoms with van der Waals surface area (Å²) in [4.78, 5) is 31.3. The van der Waals surface area contributed by atoms with Crippen molar-refractivity contribution in [1.29, 1.82) is 0 Å². The molecule has 0 amide bonds. The molecule has 22 heavy (non-hydrogen) atoms. The molecule has 1 aromatic carbocycles. The van der Waals surface area contributed by atoms with E-state index in [1.54, 1.807) is 6.07 Å². The predicted octanol–water partition coefficient (Wildman–Crippen LogP) is 2.52. The highest BCUT2D eigenvalue weighted by molar-refractivity contribution is 5.90. The van der Waals surface area contributed by atoms with E-state index < -0.39 is 12.1 Å². The van der Waals surface area contributed by atoms with Gasteiger partial charge in [0.25, 0.3) is 0 Å². The average molecular weight is 314 g/mol. The number of hydrogen-bond acceptors (Lipinski definition) is 8. The fourth-order valence-electron chi connectivity index (χ4n) is 1.31. The molecule has 0 atom stereocenters. The number of ether oxygens (including phenoxy) is 3. The molecular weight excluding hydrogens is 296 g/mol. The molecular formula is C14H18O8. The maximum absolute atomic E-state index is 11.7. The zero-order valence-corrected chi connectivity index (χ0v) is 12.8. The van der Waals surface area contributed by atoms with Crippen LogP contribution in [-0.2, 0) is 19.6 Å². The summed E-state index contributed by atoms with van der Waals surface area (Å²) in [6.07, 6.45) is -1.11. The molecule has 1 rings (SSSR count). The van der Waals surface area contributed by atoms with Gasteiger partial charge in [-0.1, -0.05) is 13.8 Å². The Balaban J connectivity index is 2.50. The first-order valence-corrected chi connectivity index (χ1v) is 6.41. The zero-order chi connectivity index (χ0) is 16.5. The molecule has 0 radical (unpaired) electrons. The molecule has 0 bridgehead atoms. The van der Waals surface area contributed by atoms with E-state index in [1.165, 1.54) is 26.4 Å². The summed E-state index contributed by atoms with van der Waals surface area (Å²) >= 11 is 0. The summed E-state index contributed by atoms with van der Waals surface area (Å²) in [6.45, 7) is 3.86. The van der Waals surface area contributed by atoms with Crippen LogP contribution in [0, 0.1) is 5.92 Å². The van der Waals surface area contributed by atoms with Gasteiger partial charge in [0, 0.05) is 6.07 Å². The van der Waals surface area contributed by atoms with Crippen LogP contribution in [0.4, 0.5) is 4.79 Å². The summed E-state index contributed by atoms with van der Waals surface area (Å²) in [5.74, 6) is 0.0281. The van der Waals surface area contributed by atoms with Gasteiger partial charge in [-0.05, 0) is 18.1 Å². The molecule has 1 aromatic rings. The van der Waals surface area contributed by atoms with E-state index in [0.29, 0.717) is 11.5 Å². The second-order valence-corrected chi connectivity index (χ2v) is 4.58. The van der Waals surface area contributed by atoms with Crippen molar-refractivity contribution in [2.75, 3.05) is 20.8 Å². The van der Waals surface area contributed by atoms with Crippen LogP contribution in [0.15, 0.2) is 18.2 Å². The van der Waals surface area contributed by atoms with Crippen LogP contribution in [-0.4, -0.2) is 33.0 Å². The molecule has 0 saturated heterocycles. The van der Waals surface area contributed by atoms with Crippen LogP contribution in [0.25, 0.3) is 0 Å². The summed E-state index contributed by atoms with van der Waals surface area (Å²) in [6, 6.07) is 4.40. The van der Waals surface area contributed by atoms with Crippen LogP contribution in [0.3, 0.4) is 0 Å². The lowest BCUT2D eigenvalue weighted by atomic mass is 10.2. The normalized spacial score (nSPS) is 10.0. The number of rotatable bonds is 7. The molecule has 0 aliphatic heterocycles. The SMILES string of the molecule is COc1cc(OC)cc(C(=O)OOOC(=O)OCC(C)C)c1. The highest BCUT2D eigenvalue weighted by atomic mass is 17.5. The largest absolute Gasteiger partial charge is 0.543 e. The Labute approximate surface area is 127 Å². The van der Waals surface area contributed by atoms with Crippen molar-refractivity contribution in [2.45, 2.75) is 13.8 Å². The van der Waals surface area contributed by atoms with Gasteiger partial charge >= 0.3 is 12.1 Å². The van der Waals surface area contributed by atoms with Crippen molar-refractivity contribution >= 4 is 12.1 Å². The fourth-order valence-corrected chi connectivity index (χ4v) is 1.31. The van der Waals surface area contributed by atoms with Crippen molar-refractivity contribution in [3.63, 3.8) is 0 Å². The van der Waals surface area contributed by atoms with Crippen LogP contribution in [0.5, 0.6) is 11.5 Å². The number of hydrogen-bond donors (Lipinski definition) is 0. The molecule has 0 spiro atoms. The number of carbonyl (C=O) groups excluding carboxylic acids is 2. The molecule has 0 saturated carbocycles. The second kappa shape index (κ2) is 8.73. The van der Waals surface area contributed by atoms with Gasteiger partial charge in [-0.25, -0.2) is 14.5 Å². The van der Waals surface area contributed by atoms with E-state index in [9.17, 15) is 9.59 Å². The Morgan fingerprint density at radius 1 is 1.00 bits per heavy atom. The van der Waals surface area contributed by atoms with Crippen molar-refractivity contribution in [2.24, 2.45) is 5.92 Å². The van der Waals surface area contributed by atoms with E-state index in [0.717, 1.165) is 0 Å². The quantitative estimate of drug-likeness (QED) is 0.431. The minimum absolute atomic E-state index is 0.0929. The minimum Gasteiger partial charge on any atom is -0.497 e. The second-order valence-electron chi connectivity index (χ2n) is 4.58. The molecule has 0 aliphatic rings. The summed E-state index contributed by atoms with van der Waals surface area (Å²) in [5.41, 5.74) is 0.0929. The predicted molar refractivity (Wildman–Crippen MR) is 73.3 cm³/mol. The van der Waals surface area contributed by atoms with Crippen molar-refractivity contribution in [3.05, 3.63) is 23.8 Å². The molecule has 122 valence electrons. The first-order chi connectivity index (χ1) is 10.5. The molecule has 0 N–H and O–H groups in total. The van der Waals surface area contributed by atoms with E-state index >= 15 is 0 Å². The third kappa shape index (κ3) is 5.88. The van der Waals surface area contributed by atoms with Crippen LogP contribution < -0.4 is 9.47 Å². The lowest BCUT2D eigenvalue weighted by molar-refractivity contribution is -0.452. The lowest BCUT2D eigenvalue weighted by Gasteiger charge is -2.08. The summed E-state index contributed by atoms with van der Waals surface area (Å²) < 4.78 is 14.7. The molecule has 8 nitrogen and oxygen atoms in total. The molecule has 0 unspecified atom stereocenters. The maximum Gasteiger partial charge on any atom is 0.543 e. The Bertz CT molecular complexity index is 489. The monoisotopic (exact) mass is 314 g/mol. The number of methoxy groups -OCH3 is 2. The van der Waals surface area contributed by atoms with Crippen molar-refractivity contribution in [3.8, 4) is 11.5 Å². The molecule has 0 fully saturated rings. The Hall–Kier alpha value is -2.48. The zero-order valence-electron chi connectivity index (χ0n) is 12.8. The van der Waals surface area contributed by atoms with Crippen LogP contribution in [0.1, 0.15) is 24.2 Å². The number of carbonyl (C=O) groups is 2. The average Bonchev–Trinajstić information content (AvgIpc) is 2.52. The summed E-state index contributed by atoms with van der Waals surface area (Å²) in [5, 5.41) is 4.09. The van der Waals surface area contributed by atoms with Gasteiger partial charge in [-0.15, -0.1) is 0 Å². The third-order valence-corrected chi connectivity index (χ3v) is 2.33. The molecule has 0 aromatic heterocycles. The van der Waals surface area contributed by atoms with Gasteiger partial charge < -0.3 is 14.2 Å². The lowest BCUT2D eigenvalue weighted by Crippen LogP contribution is -2.14.